The summed E-state index contributed by atoms with van der Waals surface area (Å²) < 4.78 is 0.899. The Morgan fingerprint density at radius 1 is 1.26 bits per heavy atom. The zero-order valence-corrected chi connectivity index (χ0v) is 15.0. The van der Waals surface area contributed by atoms with E-state index in [4.69, 9.17) is 11.6 Å². The molecule has 0 spiro atoms. The van der Waals surface area contributed by atoms with Crippen LogP contribution in [-0.2, 0) is 9.59 Å². The SMILES string of the molecule is O=C(CC1Sc2ccc(Br)cc2NC1=O)Nc1ccc(Cl)cc1. The van der Waals surface area contributed by atoms with Crippen LogP contribution in [0.3, 0.4) is 0 Å². The molecule has 0 bridgehead atoms. The lowest BCUT2D eigenvalue weighted by molar-refractivity contribution is -0.120. The average molecular weight is 412 g/mol. The molecule has 1 unspecified atom stereocenters. The molecule has 0 saturated carbocycles. The first-order chi connectivity index (χ1) is 11.0. The van der Waals surface area contributed by atoms with Gasteiger partial charge in [0.15, 0.2) is 0 Å². The van der Waals surface area contributed by atoms with Crippen molar-refractivity contribution >= 4 is 62.5 Å². The third kappa shape index (κ3) is 4.07. The molecule has 0 fully saturated rings. The summed E-state index contributed by atoms with van der Waals surface area (Å²) in [5, 5.41) is 5.77. The highest BCUT2D eigenvalue weighted by Gasteiger charge is 2.29. The van der Waals surface area contributed by atoms with Gasteiger partial charge in [-0.2, -0.15) is 0 Å². The summed E-state index contributed by atoms with van der Waals surface area (Å²) in [4.78, 5) is 25.2. The van der Waals surface area contributed by atoms with Gasteiger partial charge >= 0.3 is 0 Å². The Morgan fingerprint density at radius 3 is 2.74 bits per heavy atom. The number of hydrogen-bond donors (Lipinski definition) is 2. The highest BCUT2D eigenvalue weighted by atomic mass is 79.9. The Morgan fingerprint density at radius 2 is 2.00 bits per heavy atom. The van der Waals surface area contributed by atoms with E-state index in [1.54, 1.807) is 24.3 Å². The normalized spacial score (nSPS) is 16.4. The van der Waals surface area contributed by atoms with Crippen molar-refractivity contribution in [3.63, 3.8) is 0 Å². The number of thioether (sulfide) groups is 1. The van der Waals surface area contributed by atoms with E-state index in [9.17, 15) is 9.59 Å². The Hall–Kier alpha value is -1.50. The molecule has 1 atom stereocenters. The minimum Gasteiger partial charge on any atom is -0.326 e. The van der Waals surface area contributed by atoms with Gasteiger partial charge in [-0.1, -0.05) is 27.5 Å². The molecular weight excluding hydrogens is 400 g/mol. The highest BCUT2D eigenvalue weighted by molar-refractivity contribution is 9.10. The second kappa shape index (κ2) is 6.95. The summed E-state index contributed by atoms with van der Waals surface area (Å²) in [6.45, 7) is 0. The van der Waals surface area contributed by atoms with Gasteiger partial charge in [0.1, 0.15) is 0 Å². The topological polar surface area (TPSA) is 58.2 Å². The third-order valence-electron chi connectivity index (χ3n) is 3.26. The molecule has 3 rings (SSSR count). The number of anilines is 2. The van der Waals surface area contributed by atoms with E-state index >= 15 is 0 Å². The lowest BCUT2D eigenvalue weighted by Gasteiger charge is -2.23. The molecule has 7 heteroatoms. The van der Waals surface area contributed by atoms with Crippen molar-refractivity contribution < 1.29 is 9.59 Å². The summed E-state index contributed by atoms with van der Waals surface area (Å²) >= 11 is 10.6. The largest absolute Gasteiger partial charge is 0.326 e. The fraction of sp³-hybridized carbons (Fsp3) is 0.125. The zero-order chi connectivity index (χ0) is 16.4. The maximum absolute atomic E-state index is 12.2. The fourth-order valence-corrected chi connectivity index (χ4v) is 3.75. The average Bonchev–Trinajstić information content (AvgIpc) is 2.50. The summed E-state index contributed by atoms with van der Waals surface area (Å²) in [7, 11) is 0. The fourth-order valence-electron chi connectivity index (χ4n) is 2.17. The van der Waals surface area contributed by atoms with Crippen LogP contribution in [0.5, 0.6) is 0 Å². The predicted octanol–water partition coefficient (Wildman–Crippen LogP) is 4.54. The standard InChI is InChI=1S/C16H12BrClN2O2S/c17-9-1-6-13-12(7-9)20-16(22)14(23-13)8-15(21)19-11-4-2-10(18)3-5-11/h1-7,14H,8H2,(H,19,21)(H,20,22). The van der Waals surface area contributed by atoms with Gasteiger partial charge in [0, 0.05) is 26.5 Å². The number of nitrogens with one attached hydrogen (secondary N) is 2. The van der Waals surface area contributed by atoms with Crippen LogP contribution < -0.4 is 10.6 Å². The Balaban J connectivity index is 1.66. The van der Waals surface area contributed by atoms with Crippen molar-refractivity contribution in [2.24, 2.45) is 0 Å². The molecule has 1 aliphatic heterocycles. The van der Waals surface area contributed by atoms with Crippen LogP contribution in [0.4, 0.5) is 11.4 Å². The monoisotopic (exact) mass is 410 g/mol. The predicted molar refractivity (Wildman–Crippen MR) is 97.1 cm³/mol. The van der Waals surface area contributed by atoms with Crippen LogP contribution in [0.2, 0.25) is 5.02 Å². The van der Waals surface area contributed by atoms with E-state index in [-0.39, 0.29) is 18.2 Å². The van der Waals surface area contributed by atoms with Gasteiger partial charge < -0.3 is 10.6 Å². The second-order valence-corrected chi connectivity index (χ2v) is 7.59. The first-order valence-corrected chi connectivity index (χ1v) is 8.89. The van der Waals surface area contributed by atoms with Gasteiger partial charge in [0.25, 0.3) is 0 Å². The molecule has 0 radical (unpaired) electrons. The number of benzene rings is 2. The van der Waals surface area contributed by atoms with E-state index in [1.165, 1.54) is 11.8 Å². The van der Waals surface area contributed by atoms with Crippen molar-refractivity contribution in [2.45, 2.75) is 16.6 Å². The summed E-state index contributed by atoms with van der Waals surface area (Å²) in [5.41, 5.74) is 1.42. The summed E-state index contributed by atoms with van der Waals surface area (Å²) in [6.07, 6.45) is 0.106. The number of rotatable bonds is 3. The van der Waals surface area contributed by atoms with Crippen LogP contribution in [0.25, 0.3) is 0 Å². The molecule has 0 aromatic heterocycles. The summed E-state index contributed by atoms with van der Waals surface area (Å²) in [5.74, 6) is -0.368. The molecule has 2 N–H and O–H groups in total. The molecule has 2 aromatic carbocycles. The van der Waals surface area contributed by atoms with E-state index < -0.39 is 5.25 Å². The van der Waals surface area contributed by atoms with Gasteiger partial charge in [-0.3, -0.25) is 9.59 Å². The van der Waals surface area contributed by atoms with Gasteiger partial charge in [-0.25, -0.2) is 0 Å². The second-order valence-electron chi connectivity index (χ2n) is 5.00. The smallest absolute Gasteiger partial charge is 0.238 e. The molecule has 23 heavy (non-hydrogen) atoms. The lowest BCUT2D eigenvalue weighted by Crippen LogP contribution is -2.32. The molecule has 0 aliphatic carbocycles. The van der Waals surface area contributed by atoms with E-state index in [0.717, 1.165) is 15.1 Å². The Bertz CT molecular complexity index is 767. The lowest BCUT2D eigenvalue weighted by atomic mass is 10.2. The van der Waals surface area contributed by atoms with Crippen molar-refractivity contribution in [1.82, 2.24) is 0 Å². The molecule has 2 aromatic rings. The minimum atomic E-state index is -0.448. The molecule has 1 aliphatic rings. The minimum absolute atomic E-state index is 0.106. The van der Waals surface area contributed by atoms with Crippen LogP contribution in [0.15, 0.2) is 51.8 Å². The zero-order valence-electron chi connectivity index (χ0n) is 11.8. The molecular formula is C16H12BrClN2O2S. The third-order valence-corrected chi connectivity index (χ3v) is 5.28. The van der Waals surface area contributed by atoms with E-state index in [1.807, 2.05) is 18.2 Å². The maximum atomic E-state index is 12.2. The maximum Gasteiger partial charge on any atom is 0.238 e. The first-order valence-electron chi connectivity index (χ1n) is 6.84. The number of amides is 2. The van der Waals surface area contributed by atoms with Crippen LogP contribution in [0, 0.1) is 0 Å². The Kier molecular flexibility index (Phi) is 4.94. The Labute approximate surface area is 151 Å². The molecule has 4 nitrogen and oxygen atoms in total. The van der Waals surface area contributed by atoms with Gasteiger partial charge in [0.2, 0.25) is 11.8 Å². The number of fused-ring (bicyclic) bond motifs is 1. The summed E-state index contributed by atoms with van der Waals surface area (Å²) in [6, 6.07) is 12.5. The molecule has 0 saturated heterocycles. The first kappa shape index (κ1) is 16.4. The number of hydrogen-bond acceptors (Lipinski definition) is 3. The van der Waals surface area contributed by atoms with Crippen LogP contribution in [0.1, 0.15) is 6.42 Å². The van der Waals surface area contributed by atoms with E-state index in [2.05, 4.69) is 26.6 Å². The highest BCUT2D eigenvalue weighted by Crippen LogP contribution is 2.38. The quantitative estimate of drug-likeness (QED) is 0.779. The van der Waals surface area contributed by atoms with Crippen molar-refractivity contribution in [3.05, 3.63) is 52.0 Å². The van der Waals surface area contributed by atoms with Crippen molar-refractivity contribution in [1.29, 1.82) is 0 Å². The van der Waals surface area contributed by atoms with Crippen LogP contribution in [-0.4, -0.2) is 17.1 Å². The van der Waals surface area contributed by atoms with Gasteiger partial charge in [-0.15, -0.1) is 11.8 Å². The number of carbonyl (C=O) groups excluding carboxylic acids is 2. The van der Waals surface area contributed by atoms with Crippen molar-refractivity contribution in [3.8, 4) is 0 Å². The van der Waals surface area contributed by atoms with E-state index in [0.29, 0.717) is 10.7 Å². The van der Waals surface area contributed by atoms with Gasteiger partial charge in [0.05, 0.1) is 10.9 Å². The van der Waals surface area contributed by atoms with Crippen LogP contribution >= 0.6 is 39.3 Å². The number of halogens is 2. The van der Waals surface area contributed by atoms with Gasteiger partial charge in [-0.05, 0) is 42.5 Å². The molecule has 1 heterocycles. The number of carbonyl (C=O) groups is 2. The molecule has 118 valence electrons. The van der Waals surface area contributed by atoms with Crippen molar-refractivity contribution in [2.75, 3.05) is 10.6 Å². The molecule has 2 amide bonds.